The highest BCUT2D eigenvalue weighted by atomic mass is 16.2. The molecule has 4 rings (SSSR count). The van der Waals surface area contributed by atoms with Gasteiger partial charge < -0.3 is 15.1 Å². The van der Waals surface area contributed by atoms with Gasteiger partial charge in [0.25, 0.3) is 11.8 Å². The number of rotatable bonds is 4. The Labute approximate surface area is 171 Å². The van der Waals surface area contributed by atoms with Crippen LogP contribution in [0.3, 0.4) is 0 Å². The van der Waals surface area contributed by atoms with Crippen molar-refractivity contribution in [1.29, 1.82) is 0 Å². The predicted octanol–water partition coefficient (Wildman–Crippen LogP) is 3.95. The SMILES string of the molecule is O=C(Nc1ccc(N2CCCC2)cc1)c1cc(C(=O)N2CCCCCC2)ccn1. The second kappa shape index (κ2) is 9.07. The summed E-state index contributed by atoms with van der Waals surface area (Å²) in [6.45, 7) is 3.75. The highest BCUT2D eigenvalue weighted by molar-refractivity contribution is 6.04. The summed E-state index contributed by atoms with van der Waals surface area (Å²) in [6, 6.07) is 11.2. The molecule has 29 heavy (non-hydrogen) atoms. The van der Waals surface area contributed by atoms with Crippen molar-refractivity contribution in [3.05, 3.63) is 53.9 Å². The third-order valence-electron chi connectivity index (χ3n) is 5.73. The first-order valence-electron chi connectivity index (χ1n) is 10.6. The lowest BCUT2D eigenvalue weighted by Gasteiger charge is -2.20. The molecule has 0 bridgehead atoms. The lowest BCUT2D eigenvalue weighted by molar-refractivity contribution is 0.0761. The van der Waals surface area contributed by atoms with Crippen LogP contribution in [0.4, 0.5) is 11.4 Å². The summed E-state index contributed by atoms with van der Waals surface area (Å²) in [5.74, 6) is -0.317. The van der Waals surface area contributed by atoms with Crippen LogP contribution >= 0.6 is 0 Å². The van der Waals surface area contributed by atoms with Crippen molar-refractivity contribution < 1.29 is 9.59 Å². The van der Waals surface area contributed by atoms with Crippen molar-refractivity contribution in [2.75, 3.05) is 36.4 Å². The van der Waals surface area contributed by atoms with E-state index in [9.17, 15) is 9.59 Å². The number of hydrogen-bond donors (Lipinski definition) is 1. The number of hydrogen-bond acceptors (Lipinski definition) is 4. The minimum Gasteiger partial charge on any atom is -0.372 e. The number of benzene rings is 1. The van der Waals surface area contributed by atoms with Crippen LogP contribution in [0.2, 0.25) is 0 Å². The molecular weight excluding hydrogens is 364 g/mol. The van der Waals surface area contributed by atoms with Crippen molar-refractivity contribution in [2.45, 2.75) is 38.5 Å². The summed E-state index contributed by atoms with van der Waals surface area (Å²) in [4.78, 5) is 33.9. The molecule has 1 aromatic carbocycles. The standard InChI is InChI=1S/C23H28N4O2/c28-22(25-19-7-9-20(10-8-19)26-13-5-6-14-26)21-17-18(11-12-24-21)23(29)27-15-3-1-2-4-16-27/h7-12,17H,1-6,13-16H2,(H,25,28). The third kappa shape index (κ3) is 4.75. The Morgan fingerprint density at radius 3 is 2.17 bits per heavy atom. The minimum atomic E-state index is -0.301. The van der Waals surface area contributed by atoms with Crippen molar-refractivity contribution in [1.82, 2.24) is 9.88 Å². The van der Waals surface area contributed by atoms with Gasteiger partial charge in [0.05, 0.1) is 0 Å². The predicted molar refractivity (Wildman–Crippen MR) is 114 cm³/mol. The summed E-state index contributed by atoms with van der Waals surface area (Å²) < 4.78 is 0. The number of nitrogens with one attached hydrogen (secondary N) is 1. The Balaban J connectivity index is 1.42. The number of likely N-dealkylation sites (tertiary alicyclic amines) is 1. The summed E-state index contributed by atoms with van der Waals surface area (Å²) in [5, 5.41) is 2.89. The second-order valence-electron chi connectivity index (χ2n) is 7.83. The number of pyridine rings is 1. The molecule has 1 aromatic heterocycles. The van der Waals surface area contributed by atoms with Gasteiger partial charge in [0.15, 0.2) is 0 Å². The number of aromatic nitrogens is 1. The lowest BCUT2D eigenvalue weighted by atomic mass is 10.2. The molecule has 0 unspecified atom stereocenters. The van der Waals surface area contributed by atoms with E-state index >= 15 is 0 Å². The summed E-state index contributed by atoms with van der Waals surface area (Å²) in [5.41, 5.74) is 2.69. The van der Waals surface area contributed by atoms with Gasteiger partial charge in [-0.05, 0) is 62.1 Å². The van der Waals surface area contributed by atoms with E-state index in [0.29, 0.717) is 5.56 Å². The molecule has 0 aliphatic carbocycles. The normalized spacial score (nSPS) is 17.1. The molecule has 6 nitrogen and oxygen atoms in total. The van der Waals surface area contributed by atoms with E-state index in [-0.39, 0.29) is 17.5 Å². The van der Waals surface area contributed by atoms with Gasteiger partial charge >= 0.3 is 0 Å². The average Bonchev–Trinajstić information content (AvgIpc) is 3.16. The Kier molecular flexibility index (Phi) is 6.08. The largest absolute Gasteiger partial charge is 0.372 e. The number of carbonyl (C=O) groups is 2. The van der Waals surface area contributed by atoms with Gasteiger partial charge in [0, 0.05) is 49.3 Å². The van der Waals surface area contributed by atoms with Gasteiger partial charge in [-0.25, -0.2) is 0 Å². The van der Waals surface area contributed by atoms with E-state index in [1.54, 1.807) is 12.1 Å². The van der Waals surface area contributed by atoms with Gasteiger partial charge in [-0.1, -0.05) is 12.8 Å². The number of amides is 2. The van der Waals surface area contributed by atoms with Crippen LogP contribution in [0, 0.1) is 0 Å². The Morgan fingerprint density at radius 2 is 1.48 bits per heavy atom. The molecule has 1 N–H and O–H groups in total. The first-order chi connectivity index (χ1) is 14.2. The van der Waals surface area contributed by atoms with Crippen LogP contribution in [0.1, 0.15) is 59.4 Å². The first kappa shape index (κ1) is 19.4. The Hall–Kier alpha value is -2.89. The molecule has 2 fully saturated rings. The molecule has 6 heteroatoms. The van der Waals surface area contributed by atoms with E-state index in [0.717, 1.165) is 44.7 Å². The zero-order valence-electron chi connectivity index (χ0n) is 16.8. The van der Waals surface area contributed by atoms with Crippen molar-refractivity contribution in [2.24, 2.45) is 0 Å². The molecule has 0 saturated carbocycles. The average molecular weight is 393 g/mol. The molecule has 3 heterocycles. The maximum Gasteiger partial charge on any atom is 0.274 e. The highest BCUT2D eigenvalue weighted by Gasteiger charge is 2.19. The monoisotopic (exact) mass is 392 g/mol. The molecule has 2 aromatic rings. The Morgan fingerprint density at radius 1 is 0.828 bits per heavy atom. The maximum atomic E-state index is 12.8. The van der Waals surface area contributed by atoms with Gasteiger partial charge in [-0.2, -0.15) is 0 Å². The van der Waals surface area contributed by atoms with E-state index in [2.05, 4.69) is 15.2 Å². The molecule has 0 spiro atoms. The maximum absolute atomic E-state index is 12.8. The van der Waals surface area contributed by atoms with Crippen LogP contribution < -0.4 is 10.2 Å². The van der Waals surface area contributed by atoms with Crippen molar-refractivity contribution >= 4 is 23.2 Å². The summed E-state index contributed by atoms with van der Waals surface area (Å²) >= 11 is 0. The third-order valence-corrected chi connectivity index (χ3v) is 5.73. The Bertz CT molecular complexity index is 851. The number of anilines is 2. The minimum absolute atomic E-state index is 0.0154. The van der Waals surface area contributed by atoms with E-state index in [4.69, 9.17) is 0 Å². The van der Waals surface area contributed by atoms with Crippen molar-refractivity contribution in [3.8, 4) is 0 Å². The quantitative estimate of drug-likeness (QED) is 0.856. The second-order valence-corrected chi connectivity index (χ2v) is 7.83. The van der Waals surface area contributed by atoms with Gasteiger partial charge in [0.1, 0.15) is 5.69 Å². The molecule has 2 amide bonds. The van der Waals surface area contributed by atoms with Crippen LogP contribution in [0.15, 0.2) is 42.6 Å². The van der Waals surface area contributed by atoms with Crippen LogP contribution in [-0.2, 0) is 0 Å². The fourth-order valence-electron chi connectivity index (χ4n) is 4.07. The molecular formula is C23H28N4O2. The van der Waals surface area contributed by atoms with Gasteiger partial charge in [-0.15, -0.1) is 0 Å². The molecule has 152 valence electrons. The van der Waals surface area contributed by atoms with E-state index in [1.165, 1.54) is 37.6 Å². The number of carbonyl (C=O) groups excluding carboxylic acids is 2. The van der Waals surface area contributed by atoms with Crippen LogP contribution in [0.5, 0.6) is 0 Å². The smallest absolute Gasteiger partial charge is 0.274 e. The van der Waals surface area contributed by atoms with Gasteiger partial charge in [0.2, 0.25) is 0 Å². The van der Waals surface area contributed by atoms with E-state index in [1.807, 2.05) is 29.2 Å². The van der Waals surface area contributed by atoms with Gasteiger partial charge in [-0.3, -0.25) is 14.6 Å². The first-order valence-corrected chi connectivity index (χ1v) is 10.6. The van der Waals surface area contributed by atoms with Crippen LogP contribution in [-0.4, -0.2) is 47.9 Å². The fourth-order valence-corrected chi connectivity index (χ4v) is 4.07. The molecule has 2 saturated heterocycles. The topological polar surface area (TPSA) is 65.5 Å². The molecule has 0 radical (unpaired) electrons. The van der Waals surface area contributed by atoms with E-state index < -0.39 is 0 Å². The lowest BCUT2D eigenvalue weighted by Crippen LogP contribution is -2.32. The summed E-state index contributed by atoms with van der Waals surface area (Å²) in [6.07, 6.45) is 8.42. The van der Waals surface area contributed by atoms with Crippen molar-refractivity contribution in [3.63, 3.8) is 0 Å². The fraction of sp³-hybridized carbons (Fsp3) is 0.435. The molecule has 0 atom stereocenters. The molecule has 2 aliphatic heterocycles. The zero-order valence-corrected chi connectivity index (χ0v) is 16.8. The zero-order chi connectivity index (χ0) is 20.1. The highest BCUT2D eigenvalue weighted by Crippen LogP contribution is 2.22. The number of nitrogens with zero attached hydrogens (tertiary/aromatic N) is 3. The summed E-state index contributed by atoms with van der Waals surface area (Å²) in [7, 11) is 0. The molecule has 2 aliphatic rings. The van der Waals surface area contributed by atoms with Crippen LogP contribution in [0.25, 0.3) is 0 Å².